The van der Waals surface area contributed by atoms with Gasteiger partial charge >= 0.3 is 5.97 Å². The van der Waals surface area contributed by atoms with Crippen LogP contribution in [0.25, 0.3) is 0 Å². The van der Waals surface area contributed by atoms with Crippen molar-refractivity contribution < 1.29 is 28.9 Å². The first-order chi connectivity index (χ1) is 9.13. The molecule has 0 atom stereocenters. The molecule has 1 aromatic carbocycles. The topological polar surface area (TPSA) is 82.1 Å². The maximum atomic E-state index is 11.8. The molecular formula is C13H14O6. The molecule has 1 aliphatic rings. The van der Waals surface area contributed by atoms with Crippen molar-refractivity contribution in [3.8, 4) is 17.2 Å². The zero-order valence-corrected chi connectivity index (χ0v) is 10.5. The van der Waals surface area contributed by atoms with Crippen molar-refractivity contribution in [2.45, 2.75) is 13.3 Å². The van der Waals surface area contributed by atoms with Crippen LogP contribution >= 0.6 is 0 Å². The molecular weight excluding hydrogens is 252 g/mol. The molecule has 0 aromatic heterocycles. The number of esters is 1. The van der Waals surface area contributed by atoms with Crippen LogP contribution in [0.1, 0.15) is 23.7 Å². The molecule has 0 saturated heterocycles. The van der Waals surface area contributed by atoms with Crippen molar-refractivity contribution in [1.29, 1.82) is 0 Å². The summed E-state index contributed by atoms with van der Waals surface area (Å²) < 4.78 is 15.4. The third-order valence-electron chi connectivity index (χ3n) is 2.57. The van der Waals surface area contributed by atoms with Gasteiger partial charge in [-0.1, -0.05) is 0 Å². The van der Waals surface area contributed by atoms with Gasteiger partial charge in [0.2, 0.25) is 0 Å². The fourth-order valence-electron chi connectivity index (χ4n) is 1.69. The van der Waals surface area contributed by atoms with Crippen molar-refractivity contribution in [3.63, 3.8) is 0 Å². The van der Waals surface area contributed by atoms with Crippen LogP contribution in [0.3, 0.4) is 0 Å². The van der Waals surface area contributed by atoms with E-state index in [4.69, 9.17) is 9.47 Å². The Bertz CT molecular complexity index is 508. The smallest absolute Gasteiger partial charge is 0.379 e. The van der Waals surface area contributed by atoms with Gasteiger partial charge in [0.1, 0.15) is 5.75 Å². The maximum absolute atomic E-state index is 11.8. The lowest BCUT2D eigenvalue weighted by Gasteiger charge is -2.10. The first kappa shape index (κ1) is 13.2. The van der Waals surface area contributed by atoms with Gasteiger partial charge < -0.3 is 19.3 Å². The summed E-state index contributed by atoms with van der Waals surface area (Å²) in [5.74, 6) is -1.55. The summed E-state index contributed by atoms with van der Waals surface area (Å²) in [6.45, 7) is 2.61. The van der Waals surface area contributed by atoms with Crippen LogP contribution in [0.5, 0.6) is 17.2 Å². The monoisotopic (exact) mass is 266 g/mol. The minimum Gasteiger partial charge on any atom is -0.507 e. The first-order valence-electron chi connectivity index (χ1n) is 5.97. The van der Waals surface area contributed by atoms with Crippen LogP contribution in [0.15, 0.2) is 12.1 Å². The molecule has 0 spiro atoms. The van der Waals surface area contributed by atoms with Gasteiger partial charge in [-0.2, -0.15) is 0 Å². The largest absolute Gasteiger partial charge is 0.507 e. The number of carbonyl (C=O) groups is 2. The minimum atomic E-state index is -1.01. The van der Waals surface area contributed by atoms with E-state index < -0.39 is 11.8 Å². The number of benzene rings is 1. The predicted octanol–water partition coefficient (Wildman–Crippen LogP) is 1.30. The summed E-state index contributed by atoms with van der Waals surface area (Å²) >= 11 is 0. The lowest BCUT2D eigenvalue weighted by molar-refractivity contribution is -0.137. The fourth-order valence-corrected chi connectivity index (χ4v) is 1.69. The Balaban J connectivity index is 2.33. The predicted molar refractivity (Wildman–Crippen MR) is 64.7 cm³/mol. The summed E-state index contributed by atoms with van der Waals surface area (Å²) in [5.41, 5.74) is -0.150. The van der Waals surface area contributed by atoms with Crippen molar-refractivity contribution in [2.75, 3.05) is 19.8 Å². The van der Waals surface area contributed by atoms with E-state index in [1.54, 1.807) is 6.92 Å². The van der Waals surface area contributed by atoms with Gasteiger partial charge in [-0.25, -0.2) is 4.79 Å². The van der Waals surface area contributed by atoms with Crippen LogP contribution in [0, 0.1) is 0 Å². The Morgan fingerprint density at radius 1 is 1.26 bits per heavy atom. The number of Topliss-reactive ketones (excluding diaryl/α,β-unsaturated/α-hetero) is 1. The number of hydrogen-bond acceptors (Lipinski definition) is 6. The summed E-state index contributed by atoms with van der Waals surface area (Å²) in [6, 6.07) is 2.57. The number of phenols is 1. The summed E-state index contributed by atoms with van der Waals surface area (Å²) in [4.78, 5) is 23.2. The van der Waals surface area contributed by atoms with Gasteiger partial charge in [0.25, 0.3) is 5.78 Å². The van der Waals surface area contributed by atoms with E-state index >= 15 is 0 Å². The van der Waals surface area contributed by atoms with E-state index in [1.807, 2.05) is 0 Å². The Labute approximate surface area is 109 Å². The average Bonchev–Trinajstić information content (AvgIpc) is 2.62. The second kappa shape index (κ2) is 5.60. The van der Waals surface area contributed by atoms with E-state index in [0.717, 1.165) is 0 Å². The van der Waals surface area contributed by atoms with Crippen molar-refractivity contribution in [2.24, 2.45) is 0 Å². The number of aromatic hydroxyl groups is 1. The highest BCUT2D eigenvalue weighted by molar-refractivity contribution is 6.41. The van der Waals surface area contributed by atoms with E-state index in [2.05, 4.69) is 4.74 Å². The highest BCUT2D eigenvalue weighted by Gasteiger charge is 2.24. The molecule has 19 heavy (non-hydrogen) atoms. The lowest BCUT2D eigenvalue weighted by atomic mass is 10.1. The van der Waals surface area contributed by atoms with Crippen LogP contribution in [0.4, 0.5) is 0 Å². The lowest BCUT2D eigenvalue weighted by Crippen LogP contribution is -2.17. The van der Waals surface area contributed by atoms with Crippen LogP contribution < -0.4 is 9.47 Å². The van der Waals surface area contributed by atoms with Gasteiger partial charge in [-0.3, -0.25) is 4.79 Å². The SMILES string of the molecule is CCOC(=O)C(=O)c1cc2c(cc1O)OCCCO2. The molecule has 1 heterocycles. The average molecular weight is 266 g/mol. The van der Waals surface area contributed by atoms with Gasteiger partial charge in [0.05, 0.1) is 25.4 Å². The van der Waals surface area contributed by atoms with Crippen molar-refractivity contribution in [1.82, 2.24) is 0 Å². The van der Waals surface area contributed by atoms with Crippen LogP contribution in [-0.4, -0.2) is 36.7 Å². The highest BCUT2D eigenvalue weighted by Crippen LogP contribution is 2.36. The zero-order valence-electron chi connectivity index (χ0n) is 10.5. The maximum Gasteiger partial charge on any atom is 0.379 e. The third kappa shape index (κ3) is 2.78. The molecule has 0 unspecified atom stereocenters. The molecule has 0 amide bonds. The second-order valence-electron chi connectivity index (χ2n) is 3.92. The minimum absolute atomic E-state index is 0.0931. The normalized spacial score (nSPS) is 13.5. The molecule has 0 radical (unpaired) electrons. The molecule has 2 rings (SSSR count). The number of phenolic OH excluding ortho intramolecular Hbond substituents is 1. The highest BCUT2D eigenvalue weighted by atomic mass is 16.5. The molecule has 6 heteroatoms. The molecule has 1 aromatic rings. The fraction of sp³-hybridized carbons (Fsp3) is 0.385. The number of ether oxygens (including phenoxy) is 3. The van der Waals surface area contributed by atoms with Crippen LogP contribution in [0.2, 0.25) is 0 Å². The van der Waals surface area contributed by atoms with Gasteiger partial charge in [-0.15, -0.1) is 0 Å². The van der Waals surface area contributed by atoms with Crippen LogP contribution in [-0.2, 0) is 9.53 Å². The standard InChI is InChI=1S/C13H14O6/c1-2-17-13(16)12(15)8-6-10-11(7-9(8)14)19-5-3-4-18-10/h6-7,14H,2-5H2,1H3. The number of hydrogen-bond donors (Lipinski definition) is 1. The van der Waals surface area contributed by atoms with E-state index in [9.17, 15) is 14.7 Å². The van der Waals surface area contributed by atoms with Gasteiger partial charge in [0, 0.05) is 12.5 Å². The van der Waals surface area contributed by atoms with Gasteiger partial charge in [-0.05, 0) is 13.0 Å². The van der Waals surface area contributed by atoms with Crippen molar-refractivity contribution in [3.05, 3.63) is 17.7 Å². The van der Waals surface area contributed by atoms with E-state index in [1.165, 1.54) is 12.1 Å². The Morgan fingerprint density at radius 2 is 1.89 bits per heavy atom. The molecule has 6 nitrogen and oxygen atoms in total. The molecule has 0 aliphatic carbocycles. The third-order valence-corrected chi connectivity index (χ3v) is 2.57. The Hall–Kier alpha value is -2.24. The number of fused-ring (bicyclic) bond motifs is 1. The second-order valence-corrected chi connectivity index (χ2v) is 3.92. The molecule has 0 bridgehead atoms. The number of rotatable bonds is 3. The zero-order chi connectivity index (χ0) is 13.8. The van der Waals surface area contributed by atoms with Gasteiger partial charge in [0.15, 0.2) is 11.5 Å². The van der Waals surface area contributed by atoms with E-state index in [0.29, 0.717) is 31.1 Å². The Kier molecular flexibility index (Phi) is 3.89. The molecule has 0 saturated carbocycles. The Morgan fingerprint density at radius 3 is 2.53 bits per heavy atom. The molecule has 0 fully saturated rings. The summed E-state index contributed by atoms with van der Waals surface area (Å²) in [7, 11) is 0. The summed E-state index contributed by atoms with van der Waals surface area (Å²) in [6.07, 6.45) is 0.705. The van der Waals surface area contributed by atoms with E-state index in [-0.39, 0.29) is 17.9 Å². The molecule has 102 valence electrons. The molecule has 1 aliphatic heterocycles. The first-order valence-corrected chi connectivity index (χ1v) is 5.97. The number of carbonyl (C=O) groups excluding carboxylic acids is 2. The summed E-state index contributed by atoms with van der Waals surface area (Å²) in [5, 5.41) is 9.78. The molecule has 1 N–H and O–H groups in total. The van der Waals surface area contributed by atoms with Crippen molar-refractivity contribution >= 4 is 11.8 Å². The number of ketones is 1. The quantitative estimate of drug-likeness (QED) is 0.504.